The predicted molar refractivity (Wildman–Crippen MR) is 159 cm³/mol. The van der Waals surface area contributed by atoms with E-state index in [-0.39, 0.29) is 12.0 Å². The molecule has 0 amide bonds. The van der Waals surface area contributed by atoms with Gasteiger partial charge in [-0.05, 0) is 53.9 Å². The van der Waals surface area contributed by atoms with Crippen LogP contribution in [0.1, 0.15) is 27.4 Å². The van der Waals surface area contributed by atoms with Crippen LogP contribution in [0.25, 0.3) is 0 Å². The lowest BCUT2D eigenvalue weighted by molar-refractivity contribution is -0.351. The number of benzene rings is 4. The number of rotatable bonds is 7. The van der Waals surface area contributed by atoms with E-state index < -0.39 is 48.7 Å². The van der Waals surface area contributed by atoms with E-state index in [2.05, 4.69) is 12.1 Å². The van der Waals surface area contributed by atoms with E-state index >= 15 is 0 Å². The molecule has 2 heterocycles. The molecule has 4 aromatic rings. The van der Waals surface area contributed by atoms with Crippen molar-refractivity contribution in [2.45, 2.75) is 55.5 Å². The lowest BCUT2D eigenvalue weighted by Crippen LogP contribution is -2.72. The van der Waals surface area contributed by atoms with Gasteiger partial charge >= 0.3 is 5.97 Å². The molecule has 6 rings (SSSR count). The largest absolute Gasteiger partial charge is 0.424 e. The first kappa shape index (κ1) is 28.9. The van der Waals surface area contributed by atoms with E-state index in [1.807, 2.05) is 60.7 Å². The summed E-state index contributed by atoms with van der Waals surface area (Å²) in [5, 5.41) is 46.1. The molecule has 0 aromatic heterocycles. The quantitative estimate of drug-likeness (QED) is 0.156. The van der Waals surface area contributed by atoms with Crippen molar-refractivity contribution in [2.75, 3.05) is 13.2 Å². The molecule has 5 atom stereocenters. The van der Waals surface area contributed by atoms with Crippen LogP contribution in [0.2, 0.25) is 0 Å². The van der Waals surface area contributed by atoms with Gasteiger partial charge in [0.2, 0.25) is 0 Å². The Labute approximate surface area is 252 Å². The van der Waals surface area contributed by atoms with Crippen molar-refractivity contribution in [2.24, 2.45) is 0 Å². The Morgan fingerprint density at radius 2 is 1.45 bits per heavy atom. The van der Waals surface area contributed by atoms with E-state index in [0.29, 0.717) is 5.56 Å². The normalized spacial score (nSPS) is 25.6. The Kier molecular flexibility index (Phi) is 8.17. The molecule has 7 nitrogen and oxygen atoms in total. The highest BCUT2D eigenvalue weighted by Crippen LogP contribution is 2.51. The number of hydrogen-bond donors (Lipinski definition) is 4. The maximum atomic E-state index is 12.9. The number of ether oxygens (including phenoxy) is 2. The van der Waals surface area contributed by atoms with Crippen LogP contribution < -0.4 is 0 Å². The van der Waals surface area contributed by atoms with Crippen molar-refractivity contribution in [1.29, 1.82) is 0 Å². The smallest absolute Gasteiger partial charge is 0.340 e. The fourth-order valence-corrected chi connectivity index (χ4v) is 7.89. The summed E-state index contributed by atoms with van der Waals surface area (Å²) in [4.78, 5) is 17.2. The van der Waals surface area contributed by atoms with Gasteiger partial charge in [0.05, 0.1) is 12.2 Å². The first-order valence-corrected chi connectivity index (χ1v) is 15.2. The highest BCUT2D eigenvalue weighted by atomic mass is 32.2. The number of hydrogen-bond acceptors (Lipinski definition) is 9. The van der Waals surface area contributed by atoms with E-state index in [4.69, 9.17) is 9.47 Å². The van der Waals surface area contributed by atoms with Crippen LogP contribution in [-0.2, 0) is 15.9 Å². The molecule has 9 heteroatoms. The predicted octanol–water partition coefficient (Wildman–Crippen LogP) is 4.66. The van der Waals surface area contributed by atoms with Gasteiger partial charge in [-0.3, -0.25) is 0 Å². The molecule has 216 valence electrons. The van der Waals surface area contributed by atoms with E-state index in [1.165, 1.54) is 12.1 Å². The Bertz CT molecular complexity index is 1570. The number of fused-ring (bicyclic) bond motifs is 2. The maximum absolute atomic E-state index is 12.9. The molecule has 0 spiro atoms. The third-order valence-corrected chi connectivity index (χ3v) is 10.4. The van der Waals surface area contributed by atoms with Crippen molar-refractivity contribution in [3.05, 3.63) is 120 Å². The monoisotopic (exact) mass is 602 g/mol. The molecule has 42 heavy (non-hydrogen) atoms. The van der Waals surface area contributed by atoms with Gasteiger partial charge in [-0.15, -0.1) is 0 Å². The Morgan fingerprint density at radius 1 is 0.857 bits per heavy atom. The summed E-state index contributed by atoms with van der Waals surface area (Å²) in [5.41, 5.74) is -0.559. The molecule has 2 aliphatic heterocycles. The van der Waals surface area contributed by atoms with Crippen molar-refractivity contribution in [1.82, 2.24) is 0 Å². The number of carbonyl (C=O) groups excluding carboxylic acids is 1. The van der Waals surface area contributed by atoms with Crippen LogP contribution in [-0.4, -0.2) is 63.2 Å². The molecule has 4 N–H and O–H groups in total. The molecule has 1 saturated heterocycles. The number of esters is 1. The molecular weight excluding hydrogens is 572 g/mol. The average molecular weight is 603 g/mol. The molecule has 2 aliphatic rings. The third-order valence-electron chi connectivity index (χ3n) is 7.82. The lowest BCUT2D eigenvalue weighted by Gasteiger charge is -2.52. The summed E-state index contributed by atoms with van der Waals surface area (Å²) < 4.78 is 11.2. The summed E-state index contributed by atoms with van der Waals surface area (Å²) >= 11 is 3.27. The van der Waals surface area contributed by atoms with Crippen molar-refractivity contribution in [3.63, 3.8) is 0 Å². The van der Waals surface area contributed by atoms with Crippen LogP contribution in [0.3, 0.4) is 0 Å². The molecule has 4 aromatic carbocycles. The van der Waals surface area contributed by atoms with E-state index in [1.54, 1.807) is 41.7 Å². The molecular formula is C33H30O7S2. The Balaban J connectivity index is 1.41. The van der Waals surface area contributed by atoms with Crippen molar-refractivity contribution in [3.8, 4) is 0 Å². The van der Waals surface area contributed by atoms with Gasteiger partial charge in [-0.1, -0.05) is 90.3 Å². The van der Waals surface area contributed by atoms with Crippen LogP contribution in [0, 0.1) is 0 Å². The fraction of sp³-hybridized carbons (Fsp3) is 0.242. The van der Waals surface area contributed by atoms with Gasteiger partial charge in [0, 0.05) is 25.5 Å². The highest BCUT2D eigenvalue weighted by molar-refractivity contribution is 8.05. The molecule has 1 fully saturated rings. The average Bonchev–Trinajstić information content (AvgIpc) is 3.02. The molecule has 0 aliphatic carbocycles. The Hall–Kier alpha value is -3.15. The molecule has 0 bridgehead atoms. The minimum absolute atomic E-state index is 0.163. The van der Waals surface area contributed by atoms with Gasteiger partial charge in [0.25, 0.3) is 5.79 Å². The minimum Gasteiger partial charge on any atom is -0.424 e. The number of aliphatic hydroxyl groups is 4. The third kappa shape index (κ3) is 5.38. The van der Waals surface area contributed by atoms with E-state index in [9.17, 15) is 25.2 Å². The summed E-state index contributed by atoms with van der Waals surface area (Å²) in [6.07, 6.45) is -3.06. The van der Waals surface area contributed by atoms with Gasteiger partial charge < -0.3 is 29.9 Å². The minimum atomic E-state index is -2.58. The molecule has 1 unspecified atom stereocenters. The van der Waals surface area contributed by atoms with E-state index in [0.717, 1.165) is 25.1 Å². The molecule has 0 radical (unpaired) electrons. The van der Waals surface area contributed by atoms with Crippen LogP contribution in [0.4, 0.5) is 0 Å². The van der Waals surface area contributed by atoms with Gasteiger partial charge in [0.15, 0.2) is 6.10 Å². The number of carbonyl (C=O) groups is 1. The zero-order valence-corrected chi connectivity index (χ0v) is 24.1. The van der Waals surface area contributed by atoms with Crippen molar-refractivity contribution < 1.29 is 34.7 Å². The lowest BCUT2D eigenvalue weighted by atomic mass is 9.69. The van der Waals surface area contributed by atoms with Gasteiger partial charge in [0.1, 0.15) is 18.3 Å². The van der Waals surface area contributed by atoms with Crippen LogP contribution in [0.15, 0.2) is 123 Å². The first-order chi connectivity index (χ1) is 20.3. The summed E-state index contributed by atoms with van der Waals surface area (Å²) in [7, 11) is 0. The summed E-state index contributed by atoms with van der Waals surface area (Å²) in [5.74, 6) is -4.34. The topological polar surface area (TPSA) is 116 Å². The zero-order valence-electron chi connectivity index (χ0n) is 22.5. The standard InChI is InChI=1S/C33H30O7S2/c34-19-29-33(38,31(36)32(37,20-39-29)40-30(35)22-11-5-2-6-12-22)24(17-21-9-3-1-4-10-21)23-15-16-27-28(18-23)42-26-14-8-7-13-25(26)41-27/h1-16,18,24,29,31,34,36-38H,17,19-20H2/t24?,29-,31-,32-,33-/m1/s1. The van der Waals surface area contributed by atoms with Gasteiger partial charge in [-0.25, -0.2) is 4.79 Å². The highest BCUT2D eigenvalue weighted by Gasteiger charge is 2.63. The summed E-state index contributed by atoms with van der Waals surface area (Å²) in [6, 6.07) is 31.5. The second-order valence-corrected chi connectivity index (χ2v) is 12.6. The fourth-order valence-electron chi connectivity index (χ4n) is 5.62. The number of aliphatic hydroxyl groups excluding tert-OH is 2. The van der Waals surface area contributed by atoms with Crippen molar-refractivity contribution >= 4 is 29.5 Å². The molecule has 0 saturated carbocycles. The maximum Gasteiger partial charge on any atom is 0.340 e. The second kappa shape index (κ2) is 11.9. The van der Waals surface area contributed by atoms with Crippen LogP contribution in [0.5, 0.6) is 0 Å². The summed E-state index contributed by atoms with van der Waals surface area (Å²) in [6.45, 7) is -1.27. The zero-order chi connectivity index (χ0) is 29.3. The second-order valence-electron chi connectivity index (χ2n) is 10.5. The SMILES string of the molecule is O=C(O[C@]1(O)CO[C@H](CO)[C@](O)(C(Cc2ccccc2)c2ccc3c(c2)Sc2ccccc2S3)[C@@H]1O)c1ccccc1. The van der Waals surface area contributed by atoms with Crippen LogP contribution >= 0.6 is 23.5 Å². The first-order valence-electron chi connectivity index (χ1n) is 13.6. The Morgan fingerprint density at radius 3 is 2.12 bits per heavy atom. The van der Waals surface area contributed by atoms with Gasteiger partial charge in [-0.2, -0.15) is 0 Å².